The fourth-order valence-corrected chi connectivity index (χ4v) is 5.84. The normalized spacial score (nSPS) is 31.7. The summed E-state index contributed by atoms with van der Waals surface area (Å²) in [6, 6.07) is 3.88. The number of nitrogens with one attached hydrogen (secondary N) is 4. The molecule has 0 saturated carbocycles. The smallest absolute Gasteiger partial charge is 0.245 e. The maximum atomic E-state index is 13.5. The van der Waals surface area contributed by atoms with Crippen molar-refractivity contribution in [3.05, 3.63) is 35.9 Å². The zero-order chi connectivity index (χ0) is 28.0. The van der Waals surface area contributed by atoms with E-state index in [1.165, 1.54) is 4.90 Å². The summed E-state index contributed by atoms with van der Waals surface area (Å²) in [6.07, 6.45) is 0.308. The Morgan fingerprint density at radius 3 is 2.05 bits per heavy atom. The molecule has 0 spiro atoms. The van der Waals surface area contributed by atoms with E-state index in [-0.39, 0.29) is 30.6 Å². The number of aliphatic hydroxyl groups excluding tert-OH is 1. The van der Waals surface area contributed by atoms with Gasteiger partial charge in [-0.1, -0.05) is 76.0 Å². The van der Waals surface area contributed by atoms with E-state index in [4.69, 9.17) is 0 Å². The number of benzene rings is 1. The lowest BCUT2D eigenvalue weighted by atomic mass is 10.0. The fraction of sp³-hybridized carbons (Fsp3) is 0.560. The lowest BCUT2D eigenvalue weighted by molar-refractivity contribution is -0.142. The van der Waals surface area contributed by atoms with Crippen molar-refractivity contribution in [3.63, 3.8) is 0 Å². The van der Waals surface area contributed by atoms with Gasteiger partial charge in [-0.3, -0.25) is 24.0 Å². The predicted octanol–water partition coefficient (Wildman–Crippen LogP) is 0.252. The number of carbonyl (C=O) groups excluding carboxylic acids is 5. The van der Waals surface area contributed by atoms with Crippen molar-refractivity contribution in [2.45, 2.75) is 73.0 Å². The monoisotopic (exact) mass is 657 g/mol. The van der Waals surface area contributed by atoms with Gasteiger partial charge in [0.05, 0.1) is 23.9 Å². The van der Waals surface area contributed by atoms with Crippen LogP contribution >= 0.6 is 31.9 Å². The Kier molecular flexibility index (Phi) is 10.7. The second-order valence-corrected chi connectivity index (χ2v) is 11.5. The summed E-state index contributed by atoms with van der Waals surface area (Å²) in [5.41, 5.74) is 0.641. The highest BCUT2D eigenvalue weighted by Crippen LogP contribution is 2.31. The van der Waals surface area contributed by atoms with Crippen molar-refractivity contribution in [3.8, 4) is 0 Å². The lowest BCUT2D eigenvalue weighted by Gasteiger charge is -2.31. The largest absolute Gasteiger partial charge is 0.394 e. The first-order chi connectivity index (χ1) is 18.1. The van der Waals surface area contributed by atoms with Gasteiger partial charge in [-0.25, -0.2) is 0 Å². The second-order valence-electron chi connectivity index (χ2n) is 9.31. The molecular weight excluding hydrogens is 626 g/mol. The van der Waals surface area contributed by atoms with Crippen LogP contribution in [0, 0.1) is 0 Å². The third-order valence-electron chi connectivity index (χ3n) is 6.71. The molecule has 1 aromatic rings. The van der Waals surface area contributed by atoms with Crippen molar-refractivity contribution < 1.29 is 29.1 Å². The number of aliphatic hydroxyl groups is 1. The van der Waals surface area contributed by atoms with Gasteiger partial charge in [0.15, 0.2) is 0 Å². The minimum absolute atomic E-state index is 0.185. The molecule has 2 saturated heterocycles. The number of nitrogens with zero attached hydrogens (tertiary/aromatic N) is 1. The predicted molar refractivity (Wildman–Crippen MR) is 146 cm³/mol. The van der Waals surface area contributed by atoms with Crippen molar-refractivity contribution in [1.29, 1.82) is 0 Å². The summed E-state index contributed by atoms with van der Waals surface area (Å²) >= 11 is 7.01. The number of rotatable bonds is 4. The molecule has 0 bridgehead atoms. The highest BCUT2D eigenvalue weighted by atomic mass is 79.9. The summed E-state index contributed by atoms with van der Waals surface area (Å²) in [5.74, 6) is -2.79. The summed E-state index contributed by atoms with van der Waals surface area (Å²) in [6.45, 7) is 2.98. The van der Waals surface area contributed by atoms with E-state index in [2.05, 4.69) is 53.1 Å². The van der Waals surface area contributed by atoms with Gasteiger partial charge in [0.25, 0.3) is 0 Å². The van der Waals surface area contributed by atoms with Crippen LogP contribution in [0.1, 0.15) is 44.7 Å². The van der Waals surface area contributed by atoms with Gasteiger partial charge >= 0.3 is 0 Å². The molecule has 7 atom stereocenters. The molecule has 208 valence electrons. The van der Waals surface area contributed by atoms with Crippen LogP contribution in [0.25, 0.3) is 0 Å². The highest BCUT2D eigenvalue weighted by Gasteiger charge is 2.47. The van der Waals surface area contributed by atoms with Crippen LogP contribution in [0.15, 0.2) is 30.3 Å². The Hall–Kier alpha value is -2.51. The van der Waals surface area contributed by atoms with Crippen LogP contribution < -0.4 is 21.3 Å². The van der Waals surface area contributed by atoms with E-state index in [0.29, 0.717) is 5.56 Å². The molecule has 2 aliphatic heterocycles. The average Bonchev–Trinajstić information content (AvgIpc) is 3.21. The van der Waals surface area contributed by atoms with Crippen molar-refractivity contribution in [2.24, 2.45) is 0 Å². The molecule has 13 heteroatoms. The first-order valence-corrected chi connectivity index (χ1v) is 14.4. The maximum Gasteiger partial charge on any atom is 0.245 e. The number of alkyl halides is 2. The number of amides is 5. The van der Waals surface area contributed by atoms with Gasteiger partial charge in [-0.2, -0.15) is 0 Å². The molecule has 2 heterocycles. The van der Waals surface area contributed by atoms with E-state index in [1.807, 2.05) is 0 Å². The number of halogens is 2. The SMILES string of the molecule is CC[C@@H]1NC(=O)[C@@H]2[C@@H](Br)[C@H](Br)CN2C(=O)[C@H](CC)NC(=O)C[C@H](c2ccccc2)NC(=O)[C@H](CO)NC1=O. The van der Waals surface area contributed by atoms with Crippen LogP contribution in [0.2, 0.25) is 0 Å². The number of carbonyl (C=O) groups is 5. The minimum Gasteiger partial charge on any atom is -0.394 e. The Bertz CT molecular complexity index is 1040. The molecule has 0 radical (unpaired) electrons. The topological polar surface area (TPSA) is 157 Å². The van der Waals surface area contributed by atoms with Gasteiger partial charge in [0, 0.05) is 11.4 Å². The molecule has 5 amide bonds. The molecule has 0 aromatic heterocycles. The summed E-state index contributed by atoms with van der Waals surface area (Å²) in [7, 11) is 0. The molecule has 0 aliphatic carbocycles. The molecule has 3 rings (SSSR count). The standard InChI is InChI=1S/C25H33Br2N5O6/c1-3-15-22(35)31-18(12-33)23(36)30-17(13-8-6-5-7-9-13)10-19(34)28-16(4-2)25(38)32-11-14(26)20(27)21(32)24(37)29-15/h5-9,14-18,20-21,33H,3-4,10-12H2,1-2H3,(H,28,34)(H,29,37)(H,30,36)(H,31,35)/t14-,15+,16+,17-,18+,20+,21+/m1/s1. The molecular formula is C25H33Br2N5O6. The van der Waals surface area contributed by atoms with Crippen LogP contribution in [-0.2, 0) is 24.0 Å². The molecule has 1 aromatic carbocycles. The van der Waals surface area contributed by atoms with E-state index >= 15 is 0 Å². The first kappa shape index (κ1) is 30.0. The Morgan fingerprint density at radius 1 is 0.842 bits per heavy atom. The third-order valence-corrected chi connectivity index (χ3v) is 9.42. The van der Waals surface area contributed by atoms with Crippen LogP contribution in [0.3, 0.4) is 0 Å². The number of fused-ring (bicyclic) bond motifs is 1. The molecule has 0 unspecified atom stereocenters. The van der Waals surface area contributed by atoms with Gasteiger partial charge < -0.3 is 31.3 Å². The van der Waals surface area contributed by atoms with Gasteiger partial charge in [-0.15, -0.1) is 0 Å². The van der Waals surface area contributed by atoms with E-state index in [9.17, 15) is 29.1 Å². The third kappa shape index (κ3) is 6.92. The van der Waals surface area contributed by atoms with E-state index in [0.717, 1.165) is 0 Å². The van der Waals surface area contributed by atoms with Crippen molar-refractivity contribution in [1.82, 2.24) is 26.2 Å². The second kappa shape index (κ2) is 13.5. The summed E-state index contributed by atoms with van der Waals surface area (Å²) in [4.78, 5) is 66.8. The number of hydrogen-bond donors (Lipinski definition) is 5. The molecule has 11 nitrogen and oxygen atoms in total. The molecule has 2 aliphatic rings. The molecule has 38 heavy (non-hydrogen) atoms. The summed E-state index contributed by atoms with van der Waals surface area (Å²) < 4.78 is 0. The van der Waals surface area contributed by atoms with Gasteiger partial charge in [0.2, 0.25) is 29.5 Å². The Morgan fingerprint density at radius 2 is 1.45 bits per heavy atom. The van der Waals surface area contributed by atoms with Crippen LogP contribution in [0.4, 0.5) is 0 Å². The van der Waals surface area contributed by atoms with E-state index < -0.39 is 71.2 Å². The van der Waals surface area contributed by atoms with Gasteiger partial charge in [-0.05, 0) is 18.4 Å². The quantitative estimate of drug-likeness (QED) is 0.292. The van der Waals surface area contributed by atoms with Crippen molar-refractivity contribution >= 4 is 61.4 Å². The zero-order valence-electron chi connectivity index (χ0n) is 21.2. The highest BCUT2D eigenvalue weighted by molar-refractivity contribution is 9.12. The minimum atomic E-state index is -1.31. The lowest BCUT2D eigenvalue weighted by Crippen LogP contribution is -2.60. The first-order valence-electron chi connectivity index (χ1n) is 12.6. The summed E-state index contributed by atoms with van der Waals surface area (Å²) in [5, 5.41) is 20.5. The maximum absolute atomic E-state index is 13.5. The zero-order valence-corrected chi connectivity index (χ0v) is 24.3. The Labute approximate surface area is 238 Å². The fourth-order valence-electron chi connectivity index (χ4n) is 4.55. The van der Waals surface area contributed by atoms with Crippen LogP contribution in [0.5, 0.6) is 0 Å². The van der Waals surface area contributed by atoms with Crippen LogP contribution in [-0.4, -0.2) is 86.5 Å². The van der Waals surface area contributed by atoms with Gasteiger partial charge in [0.1, 0.15) is 24.2 Å². The Balaban J connectivity index is 2.00. The molecule has 2 fully saturated rings. The average molecular weight is 659 g/mol. The van der Waals surface area contributed by atoms with Crippen molar-refractivity contribution in [2.75, 3.05) is 13.2 Å². The molecule has 5 N–H and O–H groups in total. The van der Waals surface area contributed by atoms with E-state index in [1.54, 1.807) is 44.2 Å². The number of hydrogen-bond acceptors (Lipinski definition) is 6.